The topological polar surface area (TPSA) is 101 Å². The van der Waals surface area contributed by atoms with Gasteiger partial charge in [0.05, 0.1) is 21.7 Å². The van der Waals surface area contributed by atoms with Crippen LogP contribution in [-0.4, -0.2) is 39.6 Å². The predicted octanol–water partition coefficient (Wildman–Crippen LogP) is 3.42. The summed E-state index contributed by atoms with van der Waals surface area (Å²) in [6.45, 7) is 5.20. The highest BCUT2D eigenvalue weighted by Gasteiger charge is 2.44. The molecular formula is C22H19N3O5. The molecule has 0 bridgehead atoms. The van der Waals surface area contributed by atoms with Crippen LogP contribution in [0.3, 0.4) is 0 Å². The number of carbonyl (C=O) groups excluding carboxylic acids is 3. The molecule has 0 spiro atoms. The number of benzene rings is 2. The van der Waals surface area contributed by atoms with E-state index < -0.39 is 40.4 Å². The molecule has 2 heterocycles. The first-order valence-corrected chi connectivity index (χ1v) is 9.39. The number of anilines is 1. The van der Waals surface area contributed by atoms with Gasteiger partial charge in [-0.05, 0) is 38.5 Å². The minimum atomic E-state index is -0.828. The molecule has 0 N–H and O–H groups in total. The zero-order valence-corrected chi connectivity index (χ0v) is 16.7. The molecule has 2 aliphatic heterocycles. The number of hydrogen-bond acceptors (Lipinski definition) is 5. The van der Waals surface area contributed by atoms with Crippen molar-refractivity contribution in [2.75, 3.05) is 11.4 Å². The van der Waals surface area contributed by atoms with Gasteiger partial charge in [0.15, 0.2) is 0 Å². The molecule has 0 unspecified atom stereocenters. The van der Waals surface area contributed by atoms with Crippen LogP contribution in [0, 0.1) is 10.1 Å². The fourth-order valence-corrected chi connectivity index (χ4v) is 4.26. The molecule has 0 saturated carbocycles. The lowest BCUT2D eigenvalue weighted by atomic mass is 9.88. The molecule has 0 radical (unpaired) electrons. The van der Waals surface area contributed by atoms with Crippen LogP contribution in [0.15, 0.2) is 48.5 Å². The molecule has 3 amide bonds. The number of fused-ring (bicyclic) bond motifs is 2. The largest absolute Gasteiger partial charge is 0.301 e. The average Bonchev–Trinajstić information content (AvgIpc) is 2.92. The Balaban J connectivity index is 1.70. The molecule has 2 aliphatic rings. The van der Waals surface area contributed by atoms with Crippen LogP contribution in [0.1, 0.15) is 47.1 Å². The van der Waals surface area contributed by atoms with Crippen molar-refractivity contribution in [1.82, 2.24) is 4.90 Å². The predicted molar refractivity (Wildman–Crippen MR) is 110 cm³/mol. The highest BCUT2D eigenvalue weighted by Crippen LogP contribution is 2.39. The first-order chi connectivity index (χ1) is 14.1. The molecular weight excluding hydrogens is 386 g/mol. The van der Waals surface area contributed by atoms with E-state index in [2.05, 4.69) is 0 Å². The Morgan fingerprint density at radius 1 is 1.03 bits per heavy atom. The van der Waals surface area contributed by atoms with E-state index in [1.807, 2.05) is 51.1 Å². The van der Waals surface area contributed by atoms with Crippen molar-refractivity contribution >= 4 is 34.7 Å². The summed E-state index contributed by atoms with van der Waals surface area (Å²) >= 11 is 0. The number of carbonyl (C=O) groups is 3. The summed E-state index contributed by atoms with van der Waals surface area (Å²) in [6, 6.07) is 11.3. The van der Waals surface area contributed by atoms with Gasteiger partial charge in [0, 0.05) is 11.6 Å². The van der Waals surface area contributed by atoms with Crippen LogP contribution in [0.25, 0.3) is 5.57 Å². The van der Waals surface area contributed by atoms with Gasteiger partial charge in [-0.15, -0.1) is 0 Å². The fraction of sp³-hybridized carbons (Fsp3) is 0.227. The van der Waals surface area contributed by atoms with E-state index in [1.165, 1.54) is 18.2 Å². The third-order valence-electron chi connectivity index (χ3n) is 5.43. The Labute approximate surface area is 172 Å². The van der Waals surface area contributed by atoms with Crippen LogP contribution in [-0.2, 0) is 4.79 Å². The van der Waals surface area contributed by atoms with Crippen molar-refractivity contribution in [2.45, 2.75) is 26.3 Å². The molecule has 8 nitrogen and oxygen atoms in total. The summed E-state index contributed by atoms with van der Waals surface area (Å²) < 4.78 is 0. The van der Waals surface area contributed by atoms with E-state index in [4.69, 9.17) is 0 Å². The van der Waals surface area contributed by atoms with E-state index in [9.17, 15) is 24.5 Å². The fourth-order valence-electron chi connectivity index (χ4n) is 4.26. The Morgan fingerprint density at radius 2 is 1.70 bits per heavy atom. The summed E-state index contributed by atoms with van der Waals surface area (Å²) in [5, 5.41) is 11.3. The molecule has 30 heavy (non-hydrogen) atoms. The van der Waals surface area contributed by atoms with E-state index in [0.29, 0.717) is 5.69 Å². The first-order valence-electron chi connectivity index (χ1n) is 9.39. The van der Waals surface area contributed by atoms with Crippen LogP contribution >= 0.6 is 0 Å². The monoisotopic (exact) mass is 405 g/mol. The van der Waals surface area contributed by atoms with Crippen LogP contribution in [0.2, 0.25) is 0 Å². The minimum absolute atomic E-state index is 0.0592. The quantitative estimate of drug-likeness (QED) is 0.442. The lowest BCUT2D eigenvalue weighted by Crippen LogP contribution is -2.53. The van der Waals surface area contributed by atoms with Crippen molar-refractivity contribution in [3.8, 4) is 0 Å². The number of hydrogen-bond donors (Lipinski definition) is 0. The second-order valence-electron chi connectivity index (χ2n) is 7.88. The van der Waals surface area contributed by atoms with Crippen LogP contribution < -0.4 is 4.90 Å². The van der Waals surface area contributed by atoms with Gasteiger partial charge in [0.25, 0.3) is 17.5 Å². The van der Waals surface area contributed by atoms with Gasteiger partial charge in [-0.3, -0.25) is 29.4 Å². The number of para-hydroxylation sites is 1. The molecule has 0 saturated heterocycles. The Kier molecular flexibility index (Phi) is 4.30. The van der Waals surface area contributed by atoms with Crippen molar-refractivity contribution in [3.63, 3.8) is 0 Å². The van der Waals surface area contributed by atoms with Gasteiger partial charge in [-0.1, -0.05) is 30.3 Å². The average molecular weight is 405 g/mol. The molecule has 8 heteroatoms. The molecule has 0 atom stereocenters. The van der Waals surface area contributed by atoms with Gasteiger partial charge >= 0.3 is 0 Å². The maximum absolute atomic E-state index is 13.3. The zero-order chi connectivity index (χ0) is 21.8. The number of rotatable bonds is 3. The molecule has 0 aromatic heterocycles. The minimum Gasteiger partial charge on any atom is -0.301 e. The van der Waals surface area contributed by atoms with Gasteiger partial charge in [0.2, 0.25) is 5.91 Å². The van der Waals surface area contributed by atoms with Crippen LogP contribution in [0.5, 0.6) is 0 Å². The van der Waals surface area contributed by atoms with Gasteiger partial charge < -0.3 is 4.90 Å². The van der Waals surface area contributed by atoms with Crippen molar-refractivity contribution in [1.29, 1.82) is 0 Å². The normalized spacial score (nSPS) is 16.8. The lowest BCUT2D eigenvalue weighted by Gasteiger charge is -2.42. The van der Waals surface area contributed by atoms with E-state index in [1.54, 1.807) is 4.90 Å². The third-order valence-corrected chi connectivity index (χ3v) is 5.43. The summed E-state index contributed by atoms with van der Waals surface area (Å²) in [5.74, 6) is -1.99. The maximum atomic E-state index is 13.3. The maximum Gasteiger partial charge on any atom is 0.282 e. The standard InChI is InChI=1S/C22H19N3O5/c1-13-11-22(2,3)24(16-9-5-4-7-14(13)16)18(26)12-23-20(27)15-8-6-10-17(25(29)30)19(15)21(23)28/h4-11H,12H2,1-3H3. The number of nitrogens with zero attached hydrogens (tertiary/aromatic N) is 3. The smallest absolute Gasteiger partial charge is 0.282 e. The Bertz CT molecular complexity index is 1170. The molecule has 0 aliphatic carbocycles. The second-order valence-corrected chi connectivity index (χ2v) is 7.88. The zero-order valence-electron chi connectivity index (χ0n) is 16.7. The van der Waals surface area contributed by atoms with Crippen molar-refractivity contribution < 1.29 is 19.3 Å². The number of imide groups is 1. The van der Waals surface area contributed by atoms with E-state index in [0.717, 1.165) is 16.0 Å². The first kappa shape index (κ1) is 19.5. The lowest BCUT2D eigenvalue weighted by molar-refractivity contribution is -0.385. The van der Waals surface area contributed by atoms with Gasteiger partial charge in [0.1, 0.15) is 12.1 Å². The van der Waals surface area contributed by atoms with E-state index in [-0.39, 0.29) is 11.1 Å². The van der Waals surface area contributed by atoms with Crippen molar-refractivity contribution in [2.24, 2.45) is 0 Å². The van der Waals surface area contributed by atoms with E-state index >= 15 is 0 Å². The second kappa shape index (κ2) is 6.62. The number of allylic oxidation sites excluding steroid dienone is 1. The molecule has 2 aromatic rings. The molecule has 152 valence electrons. The summed E-state index contributed by atoms with van der Waals surface area (Å²) in [6.07, 6.45) is 1.96. The highest BCUT2D eigenvalue weighted by atomic mass is 16.6. The van der Waals surface area contributed by atoms with Gasteiger partial charge in [-0.25, -0.2) is 0 Å². The summed E-state index contributed by atoms with van der Waals surface area (Å²) in [4.78, 5) is 51.8. The molecule has 4 rings (SSSR count). The van der Waals surface area contributed by atoms with Crippen LogP contribution in [0.4, 0.5) is 11.4 Å². The molecule has 2 aromatic carbocycles. The SMILES string of the molecule is CC1=CC(C)(C)N(C(=O)CN2C(=O)c3cccc([N+](=O)[O-])c3C2=O)c2ccccc21. The number of nitro groups is 1. The third kappa shape index (κ3) is 2.80. The number of nitro benzene ring substituents is 1. The van der Waals surface area contributed by atoms with Crippen molar-refractivity contribution in [3.05, 3.63) is 75.3 Å². The number of amides is 3. The Hall–Kier alpha value is -3.81. The Morgan fingerprint density at radius 3 is 2.40 bits per heavy atom. The molecule has 0 fully saturated rings. The van der Waals surface area contributed by atoms with Gasteiger partial charge in [-0.2, -0.15) is 0 Å². The summed E-state index contributed by atoms with van der Waals surface area (Å²) in [5.41, 5.74) is 1.16. The highest BCUT2D eigenvalue weighted by molar-refractivity contribution is 6.24. The summed E-state index contributed by atoms with van der Waals surface area (Å²) in [7, 11) is 0.